The van der Waals surface area contributed by atoms with Crippen molar-refractivity contribution >= 4 is 11.8 Å². The van der Waals surface area contributed by atoms with Crippen molar-refractivity contribution in [2.24, 2.45) is 0 Å². The van der Waals surface area contributed by atoms with Crippen LogP contribution in [0.15, 0.2) is 59.1 Å². The maximum atomic E-state index is 12.7. The van der Waals surface area contributed by atoms with Gasteiger partial charge in [0.1, 0.15) is 0 Å². The fraction of sp³-hybridized carbons (Fsp3) is 0.200. The van der Waals surface area contributed by atoms with Gasteiger partial charge < -0.3 is 9.26 Å². The summed E-state index contributed by atoms with van der Waals surface area (Å²) < 4.78 is 10.3. The third-order valence-electron chi connectivity index (χ3n) is 3.75. The SMILES string of the molecule is CC(C)c1noc(COC(=O)c2ccccc2C(=O)c2ccccc2)n1. The molecular weight excluding hydrogens is 332 g/mol. The molecular formula is C20H18N2O4. The normalized spacial score (nSPS) is 10.7. The summed E-state index contributed by atoms with van der Waals surface area (Å²) in [5.41, 5.74) is 0.994. The van der Waals surface area contributed by atoms with Crippen LogP contribution in [-0.2, 0) is 11.3 Å². The van der Waals surface area contributed by atoms with Crippen molar-refractivity contribution in [3.05, 3.63) is 83.0 Å². The number of carbonyl (C=O) groups is 2. The molecule has 1 aromatic heterocycles. The van der Waals surface area contributed by atoms with Gasteiger partial charge in [0.05, 0.1) is 5.56 Å². The predicted octanol–water partition coefficient (Wildman–Crippen LogP) is 3.78. The Morgan fingerprint density at radius 2 is 1.65 bits per heavy atom. The molecule has 0 amide bonds. The second kappa shape index (κ2) is 7.74. The molecule has 6 heteroatoms. The predicted molar refractivity (Wildman–Crippen MR) is 93.8 cm³/mol. The Morgan fingerprint density at radius 1 is 1.00 bits per heavy atom. The van der Waals surface area contributed by atoms with Crippen LogP contribution >= 0.6 is 0 Å². The molecule has 0 saturated heterocycles. The maximum absolute atomic E-state index is 12.7. The van der Waals surface area contributed by atoms with Gasteiger partial charge >= 0.3 is 5.97 Å². The van der Waals surface area contributed by atoms with Crippen LogP contribution in [0.2, 0.25) is 0 Å². The Hall–Kier alpha value is -3.28. The third kappa shape index (κ3) is 3.85. The number of ketones is 1. The van der Waals surface area contributed by atoms with Gasteiger partial charge in [-0.15, -0.1) is 0 Å². The average molecular weight is 350 g/mol. The van der Waals surface area contributed by atoms with Crippen LogP contribution in [0.4, 0.5) is 0 Å². The van der Waals surface area contributed by atoms with E-state index in [-0.39, 0.29) is 35.3 Å². The molecule has 0 spiro atoms. The van der Waals surface area contributed by atoms with Gasteiger partial charge in [-0.25, -0.2) is 4.79 Å². The fourth-order valence-electron chi connectivity index (χ4n) is 2.37. The first-order chi connectivity index (χ1) is 12.6. The zero-order valence-electron chi connectivity index (χ0n) is 14.5. The van der Waals surface area contributed by atoms with E-state index in [0.717, 1.165) is 0 Å². The van der Waals surface area contributed by atoms with Crippen molar-refractivity contribution < 1.29 is 18.8 Å². The lowest BCUT2D eigenvalue weighted by atomic mass is 9.98. The molecule has 0 N–H and O–H groups in total. The van der Waals surface area contributed by atoms with E-state index in [1.165, 1.54) is 0 Å². The van der Waals surface area contributed by atoms with Crippen molar-refractivity contribution in [2.75, 3.05) is 0 Å². The highest BCUT2D eigenvalue weighted by atomic mass is 16.6. The number of hydrogen-bond acceptors (Lipinski definition) is 6. The van der Waals surface area contributed by atoms with Gasteiger partial charge in [0.2, 0.25) is 0 Å². The minimum Gasteiger partial charge on any atom is -0.452 e. The zero-order valence-corrected chi connectivity index (χ0v) is 14.5. The number of aromatic nitrogens is 2. The van der Waals surface area contributed by atoms with E-state index in [1.54, 1.807) is 48.5 Å². The van der Waals surface area contributed by atoms with Crippen LogP contribution in [0.3, 0.4) is 0 Å². The highest BCUT2D eigenvalue weighted by Gasteiger charge is 2.20. The summed E-state index contributed by atoms with van der Waals surface area (Å²) in [6.07, 6.45) is 0. The molecule has 132 valence electrons. The van der Waals surface area contributed by atoms with E-state index >= 15 is 0 Å². The maximum Gasteiger partial charge on any atom is 0.339 e. The molecule has 3 rings (SSSR count). The summed E-state index contributed by atoms with van der Waals surface area (Å²) in [6.45, 7) is 3.73. The molecule has 26 heavy (non-hydrogen) atoms. The second-order valence-corrected chi connectivity index (χ2v) is 6.02. The second-order valence-electron chi connectivity index (χ2n) is 6.02. The molecule has 0 atom stereocenters. The van der Waals surface area contributed by atoms with E-state index < -0.39 is 5.97 Å². The molecule has 6 nitrogen and oxygen atoms in total. The standard InChI is InChI=1S/C20H18N2O4/c1-13(2)19-21-17(26-22-19)12-25-20(24)16-11-7-6-10-15(16)18(23)14-8-4-3-5-9-14/h3-11,13H,12H2,1-2H3. The summed E-state index contributed by atoms with van der Waals surface area (Å²) in [6, 6.07) is 15.3. The lowest BCUT2D eigenvalue weighted by Gasteiger charge is -2.08. The first-order valence-electron chi connectivity index (χ1n) is 8.24. The smallest absolute Gasteiger partial charge is 0.339 e. The molecule has 2 aromatic carbocycles. The van der Waals surface area contributed by atoms with Gasteiger partial charge in [0, 0.05) is 17.0 Å². The van der Waals surface area contributed by atoms with Crippen LogP contribution in [0, 0.1) is 0 Å². The molecule has 0 aliphatic heterocycles. The first kappa shape index (κ1) is 17.5. The number of carbonyl (C=O) groups excluding carboxylic acids is 2. The van der Waals surface area contributed by atoms with Gasteiger partial charge in [-0.3, -0.25) is 4.79 Å². The lowest BCUT2D eigenvalue weighted by molar-refractivity contribution is 0.0427. The van der Waals surface area contributed by atoms with E-state index in [2.05, 4.69) is 10.1 Å². The third-order valence-corrected chi connectivity index (χ3v) is 3.75. The van der Waals surface area contributed by atoms with Gasteiger partial charge in [-0.1, -0.05) is 67.5 Å². The monoisotopic (exact) mass is 350 g/mol. The number of esters is 1. The topological polar surface area (TPSA) is 82.3 Å². The first-order valence-corrected chi connectivity index (χ1v) is 8.24. The van der Waals surface area contributed by atoms with E-state index in [9.17, 15) is 9.59 Å². The number of nitrogens with zero attached hydrogens (tertiary/aromatic N) is 2. The van der Waals surface area contributed by atoms with Crippen molar-refractivity contribution in [3.63, 3.8) is 0 Å². The van der Waals surface area contributed by atoms with Gasteiger partial charge in [0.25, 0.3) is 5.89 Å². The summed E-state index contributed by atoms with van der Waals surface area (Å²) in [5.74, 6) is 0.0317. The Bertz CT molecular complexity index is 916. The number of benzene rings is 2. The summed E-state index contributed by atoms with van der Waals surface area (Å²) in [4.78, 5) is 29.3. The molecule has 0 bridgehead atoms. The Balaban J connectivity index is 1.76. The molecule has 3 aromatic rings. The zero-order chi connectivity index (χ0) is 18.5. The van der Waals surface area contributed by atoms with E-state index in [1.807, 2.05) is 19.9 Å². The Labute approximate surface area is 150 Å². The van der Waals surface area contributed by atoms with Crippen LogP contribution in [0.5, 0.6) is 0 Å². The van der Waals surface area contributed by atoms with Gasteiger partial charge in [0.15, 0.2) is 18.2 Å². The number of ether oxygens (including phenoxy) is 1. The van der Waals surface area contributed by atoms with Crippen molar-refractivity contribution in [1.29, 1.82) is 0 Å². The van der Waals surface area contributed by atoms with Crippen molar-refractivity contribution in [2.45, 2.75) is 26.4 Å². The molecule has 0 saturated carbocycles. The van der Waals surface area contributed by atoms with Crippen molar-refractivity contribution in [1.82, 2.24) is 10.1 Å². The van der Waals surface area contributed by atoms with Crippen LogP contribution < -0.4 is 0 Å². The largest absolute Gasteiger partial charge is 0.452 e. The van der Waals surface area contributed by atoms with Gasteiger partial charge in [-0.05, 0) is 6.07 Å². The van der Waals surface area contributed by atoms with Crippen LogP contribution in [0.25, 0.3) is 0 Å². The fourth-order valence-corrected chi connectivity index (χ4v) is 2.37. The molecule has 0 aliphatic rings. The Morgan fingerprint density at radius 3 is 2.31 bits per heavy atom. The minimum absolute atomic E-state index is 0.118. The van der Waals surface area contributed by atoms with Crippen molar-refractivity contribution in [3.8, 4) is 0 Å². The minimum atomic E-state index is -0.617. The van der Waals surface area contributed by atoms with Crippen LogP contribution in [-0.4, -0.2) is 21.9 Å². The summed E-state index contributed by atoms with van der Waals surface area (Å²) in [5, 5.41) is 3.82. The highest BCUT2D eigenvalue weighted by molar-refractivity contribution is 6.14. The van der Waals surface area contributed by atoms with E-state index in [0.29, 0.717) is 11.4 Å². The Kier molecular flexibility index (Phi) is 5.22. The number of rotatable bonds is 6. The van der Waals surface area contributed by atoms with Gasteiger partial charge in [-0.2, -0.15) is 4.98 Å². The number of hydrogen-bond donors (Lipinski definition) is 0. The molecule has 1 heterocycles. The molecule has 0 radical (unpaired) electrons. The van der Waals surface area contributed by atoms with Crippen LogP contribution in [0.1, 0.15) is 57.8 Å². The molecule has 0 fully saturated rings. The highest BCUT2D eigenvalue weighted by Crippen LogP contribution is 2.17. The lowest BCUT2D eigenvalue weighted by Crippen LogP contribution is -2.12. The molecule has 0 unspecified atom stereocenters. The van der Waals surface area contributed by atoms with E-state index in [4.69, 9.17) is 9.26 Å². The average Bonchev–Trinajstić information content (AvgIpc) is 3.15. The summed E-state index contributed by atoms with van der Waals surface area (Å²) >= 11 is 0. The molecule has 0 aliphatic carbocycles. The quantitative estimate of drug-likeness (QED) is 0.497. The summed E-state index contributed by atoms with van der Waals surface area (Å²) in [7, 11) is 0.